The van der Waals surface area contributed by atoms with Gasteiger partial charge in [-0.05, 0) is 24.8 Å². The molecule has 0 amide bonds. The number of aliphatic hydroxyl groups excluding tert-OH is 1. The highest BCUT2D eigenvalue weighted by molar-refractivity contribution is 14.1. The highest BCUT2D eigenvalue weighted by atomic mass is 127. The van der Waals surface area contributed by atoms with Crippen molar-refractivity contribution in [2.45, 2.75) is 31.4 Å². The number of nitrogens with one attached hydrogen (secondary N) is 1. The number of hydrogen-bond acceptors (Lipinski definition) is 2. The zero-order valence-electron chi connectivity index (χ0n) is 5.81. The van der Waals surface area contributed by atoms with Crippen molar-refractivity contribution in [3.63, 3.8) is 0 Å². The molecule has 1 aliphatic rings. The van der Waals surface area contributed by atoms with Crippen LogP contribution in [-0.4, -0.2) is 17.3 Å². The van der Waals surface area contributed by atoms with Gasteiger partial charge in [0.25, 0.3) is 0 Å². The van der Waals surface area contributed by atoms with Gasteiger partial charge in [-0.15, -0.1) is 0 Å². The molecule has 58 valence electrons. The Kier molecular flexibility index (Phi) is 3.13. The second-order valence-corrected chi connectivity index (χ2v) is 3.38. The minimum absolute atomic E-state index is 0.277. The summed E-state index contributed by atoms with van der Waals surface area (Å²) in [6, 6.07) is 0.473. The third kappa shape index (κ3) is 1.93. The number of halogens is 1. The summed E-state index contributed by atoms with van der Waals surface area (Å²) in [5.74, 6) is 0. The largest absolute Gasteiger partial charge is 0.389 e. The standard InChI is InChI=1S/C7H12INO/c1-5-2-3-6(9-8)4-7(5)10/h6-7,9-10H,1-4H2. The van der Waals surface area contributed by atoms with E-state index < -0.39 is 0 Å². The summed E-state index contributed by atoms with van der Waals surface area (Å²) in [5.41, 5.74) is 0.989. The Morgan fingerprint density at radius 2 is 2.40 bits per heavy atom. The van der Waals surface area contributed by atoms with Crippen LogP contribution in [-0.2, 0) is 0 Å². The number of aliphatic hydroxyl groups is 1. The smallest absolute Gasteiger partial charge is 0.0762 e. The van der Waals surface area contributed by atoms with E-state index in [1.165, 1.54) is 0 Å². The van der Waals surface area contributed by atoms with E-state index in [2.05, 4.69) is 33.0 Å². The molecule has 0 bridgehead atoms. The van der Waals surface area contributed by atoms with Crippen molar-refractivity contribution in [2.24, 2.45) is 0 Å². The number of rotatable bonds is 1. The maximum Gasteiger partial charge on any atom is 0.0762 e. The van der Waals surface area contributed by atoms with E-state index in [9.17, 15) is 5.11 Å². The van der Waals surface area contributed by atoms with Gasteiger partial charge in [-0.1, -0.05) is 6.58 Å². The highest BCUT2D eigenvalue weighted by Crippen LogP contribution is 2.22. The Balaban J connectivity index is 2.40. The van der Waals surface area contributed by atoms with E-state index in [0.717, 1.165) is 24.8 Å². The van der Waals surface area contributed by atoms with E-state index in [4.69, 9.17) is 0 Å². The quantitative estimate of drug-likeness (QED) is 0.420. The third-order valence-corrected chi connectivity index (χ3v) is 2.83. The van der Waals surface area contributed by atoms with E-state index >= 15 is 0 Å². The van der Waals surface area contributed by atoms with Crippen molar-refractivity contribution >= 4 is 22.9 Å². The fourth-order valence-electron chi connectivity index (χ4n) is 1.18. The first-order valence-electron chi connectivity index (χ1n) is 3.46. The Morgan fingerprint density at radius 1 is 1.70 bits per heavy atom. The van der Waals surface area contributed by atoms with Gasteiger partial charge in [0.05, 0.1) is 6.10 Å². The van der Waals surface area contributed by atoms with E-state index in [1.807, 2.05) is 0 Å². The summed E-state index contributed by atoms with van der Waals surface area (Å²) in [4.78, 5) is 0. The van der Waals surface area contributed by atoms with Crippen LogP contribution in [0.15, 0.2) is 12.2 Å². The van der Waals surface area contributed by atoms with Crippen LogP contribution < -0.4 is 3.53 Å². The molecular weight excluding hydrogens is 241 g/mol. The minimum atomic E-state index is -0.277. The molecule has 1 saturated carbocycles. The molecule has 0 spiro atoms. The van der Waals surface area contributed by atoms with Crippen molar-refractivity contribution in [1.82, 2.24) is 3.53 Å². The third-order valence-electron chi connectivity index (χ3n) is 1.95. The summed E-state index contributed by atoms with van der Waals surface area (Å²) in [7, 11) is 0. The van der Waals surface area contributed by atoms with Crippen LogP contribution in [0.1, 0.15) is 19.3 Å². The predicted octanol–water partition coefficient (Wildman–Crippen LogP) is 1.40. The SMILES string of the molecule is C=C1CCC(NI)CC1O. The van der Waals surface area contributed by atoms with Gasteiger partial charge in [0, 0.05) is 28.9 Å². The molecule has 2 unspecified atom stereocenters. The zero-order chi connectivity index (χ0) is 7.56. The van der Waals surface area contributed by atoms with Gasteiger partial charge < -0.3 is 5.11 Å². The maximum atomic E-state index is 9.34. The normalized spacial score (nSPS) is 34.4. The van der Waals surface area contributed by atoms with Crippen molar-refractivity contribution in [1.29, 1.82) is 0 Å². The van der Waals surface area contributed by atoms with Gasteiger partial charge in [0.2, 0.25) is 0 Å². The molecule has 10 heavy (non-hydrogen) atoms. The molecule has 0 aromatic carbocycles. The van der Waals surface area contributed by atoms with Gasteiger partial charge in [0.15, 0.2) is 0 Å². The average molecular weight is 253 g/mol. The van der Waals surface area contributed by atoms with Gasteiger partial charge in [-0.2, -0.15) is 0 Å². The van der Waals surface area contributed by atoms with Crippen LogP contribution in [0.4, 0.5) is 0 Å². The van der Waals surface area contributed by atoms with Gasteiger partial charge in [-0.25, -0.2) is 0 Å². The van der Waals surface area contributed by atoms with Crippen LogP contribution in [0.25, 0.3) is 0 Å². The number of hydrogen-bond donors (Lipinski definition) is 2. The Labute approximate surface area is 75.2 Å². The van der Waals surface area contributed by atoms with Crippen molar-refractivity contribution < 1.29 is 5.11 Å². The monoisotopic (exact) mass is 253 g/mol. The maximum absolute atomic E-state index is 9.34. The summed E-state index contributed by atoms with van der Waals surface area (Å²) in [6.45, 7) is 3.78. The Hall–Kier alpha value is 0.390. The molecule has 1 aliphatic carbocycles. The van der Waals surface area contributed by atoms with E-state index in [-0.39, 0.29) is 6.10 Å². The molecule has 2 atom stereocenters. The van der Waals surface area contributed by atoms with Crippen molar-refractivity contribution in [2.75, 3.05) is 0 Å². The first-order chi connectivity index (χ1) is 4.74. The molecule has 2 nitrogen and oxygen atoms in total. The molecule has 0 aliphatic heterocycles. The fourth-order valence-corrected chi connectivity index (χ4v) is 1.75. The van der Waals surface area contributed by atoms with Gasteiger partial charge >= 0.3 is 0 Å². The summed E-state index contributed by atoms with van der Waals surface area (Å²) >= 11 is 2.13. The fraction of sp³-hybridized carbons (Fsp3) is 0.714. The lowest BCUT2D eigenvalue weighted by atomic mass is 9.90. The van der Waals surface area contributed by atoms with Gasteiger partial charge in [0.1, 0.15) is 0 Å². The van der Waals surface area contributed by atoms with E-state index in [0.29, 0.717) is 6.04 Å². The van der Waals surface area contributed by atoms with Crippen molar-refractivity contribution in [3.05, 3.63) is 12.2 Å². The Morgan fingerprint density at radius 3 is 2.90 bits per heavy atom. The molecule has 1 fully saturated rings. The first kappa shape index (κ1) is 8.49. The minimum Gasteiger partial charge on any atom is -0.389 e. The molecular formula is C7H12INO. The van der Waals surface area contributed by atoms with Crippen molar-refractivity contribution in [3.8, 4) is 0 Å². The lowest BCUT2D eigenvalue weighted by Crippen LogP contribution is -2.31. The molecule has 0 aromatic rings. The average Bonchev–Trinajstić information content (AvgIpc) is 1.95. The lowest BCUT2D eigenvalue weighted by molar-refractivity contribution is 0.167. The topological polar surface area (TPSA) is 32.3 Å². The van der Waals surface area contributed by atoms with Crippen LogP contribution in [0, 0.1) is 0 Å². The lowest BCUT2D eigenvalue weighted by Gasteiger charge is -2.26. The van der Waals surface area contributed by atoms with Gasteiger partial charge in [-0.3, -0.25) is 3.53 Å². The predicted molar refractivity (Wildman–Crippen MR) is 49.9 cm³/mol. The summed E-state index contributed by atoms with van der Waals surface area (Å²) < 4.78 is 3.12. The second-order valence-electron chi connectivity index (χ2n) is 2.75. The summed E-state index contributed by atoms with van der Waals surface area (Å²) in [5, 5.41) is 9.34. The molecule has 1 rings (SSSR count). The molecule has 3 heteroatoms. The molecule has 0 aromatic heterocycles. The van der Waals surface area contributed by atoms with Crippen LogP contribution in [0.3, 0.4) is 0 Å². The molecule has 0 radical (unpaired) electrons. The molecule has 0 saturated heterocycles. The second kappa shape index (κ2) is 3.69. The molecule has 2 N–H and O–H groups in total. The van der Waals surface area contributed by atoms with Crippen LogP contribution >= 0.6 is 22.9 Å². The summed E-state index contributed by atoms with van der Waals surface area (Å²) in [6.07, 6.45) is 2.61. The molecule has 0 heterocycles. The van der Waals surface area contributed by atoms with E-state index in [1.54, 1.807) is 0 Å². The van der Waals surface area contributed by atoms with Crippen LogP contribution in [0.2, 0.25) is 0 Å². The first-order valence-corrected chi connectivity index (χ1v) is 4.54. The Bertz CT molecular complexity index is 138. The van der Waals surface area contributed by atoms with Crippen LogP contribution in [0.5, 0.6) is 0 Å². The zero-order valence-corrected chi connectivity index (χ0v) is 7.97. The highest BCUT2D eigenvalue weighted by Gasteiger charge is 2.21.